The first-order valence-electron chi connectivity index (χ1n) is 7.97. The lowest BCUT2D eigenvalue weighted by Crippen LogP contribution is -2.44. The second kappa shape index (κ2) is 8.41. The van der Waals surface area contributed by atoms with Gasteiger partial charge in [0.1, 0.15) is 5.70 Å². The minimum Gasteiger partial charge on any atom is -0.392 e. The molecular weight excluding hydrogens is 324 g/mol. The number of aliphatic hydroxyl groups is 1. The lowest BCUT2D eigenvalue weighted by Gasteiger charge is -2.21. The van der Waals surface area contributed by atoms with E-state index in [0.29, 0.717) is 18.7 Å². The summed E-state index contributed by atoms with van der Waals surface area (Å²) in [6.45, 7) is 1.67. The van der Waals surface area contributed by atoms with Gasteiger partial charge in [0, 0.05) is 12.2 Å². The summed E-state index contributed by atoms with van der Waals surface area (Å²) < 4.78 is 0. The van der Waals surface area contributed by atoms with Crippen molar-refractivity contribution in [3.8, 4) is 0 Å². The van der Waals surface area contributed by atoms with Crippen LogP contribution in [0.5, 0.6) is 0 Å². The van der Waals surface area contributed by atoms with E-state index in [1.165, 1.54) is 4.90 Å². The standard InChI is InChI=1S/C17H22N4O4/c1-11(18)17(25)21-8-2-3-14(21)16(24)19-9-15(23)20-13-6-4-12(10-22)5-7-13/h3-7,11,22H,2,8-10,18H2,1H3,(H,19,24)(H,20,23). The summed E-state index contributed by atoms with van der Waals surface area (Å²) in [6, 6.07) is 6.01. The minimum atomic E-state index is -0.695. The lowest BCUT2D eigenvalue weighted by molar-refractivity contribution is -0.132. The number of carbonyl (C=O) groups excluding carboxylic acids is 3. The molecule has 134 valence electrons. The minimum absolute atomic E-state index is 0.0734. The maximum atomic E-state index is 12.2. The number of hydrogen-bond acceptors (Lipinski definition) is 5. The number of hydrogen-bond donors (Lipinski definition) is 4. The van der Waals surface area contributed by atoms with Gasteiger partial charge < -0.3 is 26.4 Å². The van der Waals surface area contributed by atoms with Gasteiger partial charge in [-0.15, -0.1) is 0 Å². The first-order chi connectivity index (χ1) is 11.9. The molecule has 0 radical (unpaired) electrons. The van der Waals surface area contributed by atoms with Crippen molar-refractivity contribution in [2.24, 2.45) is 5.73 Å². The Labute approximate surface area is 145 Å². The molecule has 25 heavy (non-hydrogen) atoms. The van der Waals surface area contributed by atoms with E-state index >= 15 is 0 Å². The third-order valence-electron chi connectivity index (χ3n) is 3.70. The molecule has 1 aromatic rings. The fourth-order valence-electron chi connectivity index (χ4n) is 2.40. The van der Waals surface area contributed by atoms with Gasteiger partial charge in [0.15, 0.2) is 0 Å². The molecule has 5 N–H and O–H groups in total. The van der Waals surface area contributed by atoms with E-state index < -0.39 is 17.9 Å². The number of amides is 3. The van der Waals surface area contributed by atoms with Crippen molar-refractivity contribution in [2.75, 3.05) is 18.4 Å². The van der Waals surface area contributed by atoms with Crippen molar-refractivity contribution in [3.05, 3.63) is 41.6 Å². The Kier molecular flexibility index (Phi) is 6.26. The van der Waals surface area contributed by atoms with Crippen molar-refractivity contribution < 1.29 is 19.5 Å². The normalized spacial score (nSPS) is 14.7. The van der Waals surface area contributed by atoms with Crippen LogP contribution in [-0.4, -0.2) is 46.9 Å². The topological polar surface area (TPSA) is 125 Å². The number of nitrogens with two attached hydrogens (primary N) is 1. The number of rotatable bonds is 6. The quantitative estimate of drug-likeness (QED) is 0.563. The second-order valence-corrected chi connectivity index (χ2v) is 5.74. The van der Waals surface area contributed by atoms with Gasteiger partial charge in [-0.2, -0.15) is 0 Å². The molecule has 0 bridgehead atoms. The molecule has 1 unspecified atom stereocenters. The van der Waals surface area contributed by atoms with Gasteiger partial charge in [-0.05, 0) is 31.0 Å². The highest BCUT2D eigenvalue weighted by Gasteiger charge is 2.28. The Morgan fingerprint density at radius 3 is 2.56 bits per heavy atom. The van der Waals surface area contributed by atoms with Crippen molar-refractivity contribution in [1.29, 1.82) is 0 Å². The highest BCUT2D eigenvalue weighted by atomic mass is 16.3. The zero-order valence-corrected chi connectivity index (χ0v) is 14.0. The molecule has 3 amide bonds. The molecule has 0 saturated heterocycles. The van der Waals surface area contributed by atoms with Crippen LogP contribution in [0.1, 0.15) is 18.9 Å². The van der Waals surface area contributed by atoms with Crippen LogP contribution in [0.15, 0.2) is 36.0 Å². The van der Waals surface area contributed by atoms with Crippen molar-refractivity contribution in [3.63, 3.8) is 0 Å². The SMILES string of the molecule is CC(N)C(=O)N1CCC=C1C(=O)NCC(=O)Nc1ccc(CO)cc1. The molecule has 1 aliphatic rings. The summed E-state index contributed by atoms with van der Waals surface area (Å²) in [5.74, 6) is -1.21. The smallest absolute Gasteiger partial charge is 0.268 e. The lowest BCUT2D eigenvalue weighted by atomic mass is 10.2. The molecule has 1 aliphatic heterocycles. The molecule has 0 aliphatic carbocycles. The maximum Gasteiger partial charge on any atom is 0.268 e. The Hall–Kier alpha value is -2.71. The van der Waals surface area contributed by atoms with Crippen molar-refractivity contribution in [1.82, 2.24) is 10.2 Å². The third-order valence-corrected chi connectivity index (χ3v) is 3.70. The molecule has 0 aromatic heterocycles. The monoisotopic (exact) mass is 346 g/mol. The van der Waals surface area contributed by atoms with E-state index in [4.69, 9.17) is 10.8 Å². The summed E-state index contributed by atoms with van der Waals surface area (Å²) in [7, 11) is 0. The highest BCUT2D eigenvalue weighted by molar-refractivity contribution is 6.01. The largest absolute Gasteiger partial charge is 0.392 e. The summed E-state index contributed by atoms with van der Waals surface area (Å²) in [6.07, 6.45) is 2.23. The van der Waals surface area contributed by atoms with Crippen LogP contribution in [0.3, 0.4) is 0 Å². The first kappa shape index (κ1) is 18.6. The molecule has 1 heterocycles. The molecule has 8 nitrogen and oxygen atoms in total. The van der Waals surface area contributed by atoms with Crippen LogP contribution >= 0.6 is 0 Å². The van der Waals surface area contributed by atoms with Crippen molar-refractivity contribution >= 4 is 23.4 Å². The summed E-state index contributed by atoms with van der Waals surface area (Å²) in [5, 5.41) is 14.1. The molecule has 8 heteroatoms. The zero-order chi connectivity index (χ0) is 18.4. The number of benzene rings is 1. The number of anilines is 1. The van der Waals surface area contributed by atoms with Crippen LogP contribution < -0.4 is 16.4 Å². The summed E-state index contributed by atoms with van der Waals surface area (Å²) in [5.41, 5.74) is 7.10. The third kappa shape index (κ3) is 4.88. The Morgan fingerprint density at radius 2 is 1.96 bits per heavy atom. The second-order valence-electron chi connectivity index (χ2n) is 5.74. The maximum absolute atomic E-state index is 12.2. The van der Waals surface area contributed by atoms with E-state index in [1.807, 2.05) is 0 Å². The molecule has 1 aromatic carbocycles. The highest BCUT2D eigenvalue weighted by Crippen LogP contribution is 2.16. The molecular formula is C17H22N4O4. The number of aliphatic hydroxyl groups excluding tert-OH is 1. The molecule has 0 fully saturated rings. The Morgan fingerprint density at radius 1 is 1.28 bits per heavy atom. The zero-order valence-electron chi connectivity index (χ0n) is 14.0. The fourth-order valence-corrected chi connectivity index (χ4v) is 2.40. The Bertz CT molecular complexity index is 682. The van der Waals surface area contributed by atoms with Crippen LogP contribution in [0.25, 0.3) is 0 Å². The van der Waals surface area contributed by atoms with E-state index in [1.54, 1.807) is 37.3 Å². The van der Waals surface area contributed by atoms with Crippen LogP contribution in [0.2, 0.25) is 0 Å². The van der Waals surface area contributed by atoms with E-state index in [-0.39, 0.29) is 24.8 Å². The average molecular weight is 346 g/mol. The summed E-state index contributed by atoms with van der Waals surface area (Å²) in [4.78, 5) is 37.4. The number of carbonyl (C=O) groups is 3. The van der Waals surface area contributed by atoms with Gasteiger partial charge in [0.2, 0.25) is 11.8 Å². The van der Waals surface area contributed by atoms with Gasteiger partial charge in [0.05, 0.1) is 19.2 Å². The van der Waals surface area contributed by atoms with E-state index in [2.05, 4.69) is 10.6 Å². The molecule has 1 atom stereocenters. The average Bonchev–Trinajstić information content (AvgIpc) is 3.09. The fraction of sp³-hybridized carbons (Fsp3) is 0.353. The van der Waals surface area contributed by atoms with Crippen molar-refractivity contribution in [2.45, 2.75) is 26.0 Å². The van der Waals surface area contributed by atoms with Gasteiger partial charge in [-0.1, -0.05) is 18.2 Å². The van der Waals surface area contributed by atoms with Crippen LogP contribution in [-0.2, 0) is 21.0 Å². The van der Waals surface area contributed by atoms with Gasteiger partial charge >= 0.3 is 0 Å². The molecule has 2 rings (SSSR count). The van der Waals surface area contributed by atoms with E-state index in [9.17, 15) is 14.4 Å². The van der Waals surface area contributed by atoms with E-state index in [0.717, 1.165) is 5.56 Å². The summed E-state index contributed by atoms with van der Waals surface area (Å²) >= 11 is 0. The van der Waals surface area contributed by atoms with Crippen LogP contribution in [0, 0.1) is 0 Å². The van der Waals surface area contributed by atoms with Gasteiger partial charge in [-0.3, -0.25) is 14.4 Å². The first-order valence-corrected chi connectivity index (χ1v) is 7.97. The Balaban J connectivity index is 1.86. The molecule has 0 spiro atoms. The van der Waals surface area contributed by atoms with Gasteiger partial charge in [-0.25, -0.2) is 0 Å². The van der Waals surface area contributed by atoms with Crippen LogP contribution in [0.4, 0.5) is 5.69 Å². The predicted octanol–water partition coefficient (Wildman–Crippen LogP) is -0.303. The number of nitrogens with one attached hydrogen (secondary N) is 2. The number of nitrogens with zero attached hydrogens (tertiary/aromatic N) is 1. The molecule has 0 saturated carbocycles. The predicted molar refractivity (Wildman–Crippen MR) is 92.1 cm³/mol. The van der Waals surface area contributed by atoms with Gasteiger partial charge in [0.25, 0.3) is 5.91 Å².